The van der Waals surface area contributed by atoms with Crippen LogP contribution in [-0.4, -0.2) is 73.9 Å². The summed E-state index contributed by atoms with van der Waals surface area (Å²) in [6, 6.07) is 15.3. The lowest BCUT2D eigenvalue weighted by molar-refractivity contribution is 0.0746. The van der Waals surface area contributed by atoms with Crippen LogP contribution in [0.25, 0.3) is 0 Å². The third-order valence-corrected chi connectivity index (χ3v) is 6.64. The summed E-state index contributed by atoms with van der Waals surface area (Å²) in [7, 11) is 0. The van der Waals surface area contributed by atoms with Gasteiger partial charge in [0.2, 0.25) is 0 Å². The number of rotatable bonds is 8. The Labute approximate surface area is 197 Å². The number of carbonyl (C=O) groups excluding carboxylic acids is 2. The molecule has 0 aliphatic carbocycles. The van der Waals surface area contributed by atoms with Crippen LogP contribution in [0, 0.1) is 0 Å². The molecule has 176 valence electrons. The molecule has 6 heteroatoms. The highest BCUT2D eigenvalue weighted by Gasteiger charge is 2.22. The summed E-state index contributed by atoms with van der Waals surface area (Å²) in [4.78, 5) is 31.1. The first-order chi connectivity index (χ1) is 16.1. The van der Waals surface area contributed by atoms with Crippen LogP contribution >= 0.6 is 0 Å². The van der Waals surface area contributed by atoms with Crippen molar-refractivity contribution in [2.75, 3.05) is 57.3 Å². The fourth-order valence-corrected chi connectivity index (χ4v) is 4.61. The Bertz CT molecular complexity index is 913. The summed E-state index contributed by atoms with van der Waals surface area (Å²) >= 11 is 0. The minimum absolute atomic E-state index is 0.0678. The van der Waals surface area contributed by atoms with Crippen molar-refractivity contribution in [2.24, 2.45) is 0 Å². The van der Waals surface area contributed by atoms with Crippen molar-refractivity contribution in [3.8, 4) is 5.75 Å². The van der Waals surface area contributed by atoms with Gasteiger partial charge in [-0.1, -0.05) is 6.42 Å². The molecular weight excluding hydrogens is 414 g/mol. The monoisotopic (exact) mass is 449 g/mol. The number of amides is 1. The fourth-order valence-electron chi connectivity index (χ4n) is 4.61. The third kappa shape index (κ3) is 6.35. The van der Waals surface area contributed by atoms with Gasteiger partial charge in [-0.25, -0.2) is 0 Å². The first kappa shape index (κ1) is 23.3. The maximum absolute atomic E-state index is 12.9. The number of piperidine rings is 1. The Kier molecular flexibility index (Phi) is 8.00. The van der Waals surface area contributed by atoms with Crippen LogP contribution in [0.5, 0.6) is 5.75 Å². The molecule has 0 atom stereocenters. The Balaban J connectivity index is 1.21. The third-order valence-electron chi connectivity index (χ3n) is 6.64. The SMILES string of the molecule is CC(=O)c1ccc(N2CCN(C(=O)c3ccc(OCCCN4CCCCC4)cc3)CC2)cc1. The lowest BCUT2D eigenvalue weighted by Crippen LogP contribution is -2.48. The summed E-state index contributed by atoms with van der Waals surface area (Å²) < 4.78 is 5.88. The first-order valence-electron chi connectivity index (χ1n) is 12.2. The summed E-state index contributed by atoms with van der Waals surface area (Å²) in [5.74, 6) is 0.966. The highest BCUT2D eigenvalue weighted by atomic mass is 16.5. The molecule has 2 fully saturated rings. The van der Waals surface area contributed by atoms with E-state index in [1.807, 2.05) is 53.4 Å². The van der Waals surface area contributed by atoms with Crippen LogP contribution in [0.15, 0.2) is 48.5 Å². The van der Waals surface area contributed by atoms with Gasteiger partial charge in [0.1, 0.15) is 5.75 Å². The van der Waals surface area contributed by atoms with Gasteiger partial charge in [-0.3, -0.25) is 9.59 Å². The number of anilines is 1. The predicted octanol–water partition coefficient (Wildman–Crippen LogP) is 4.11. The predicted molar refractivity (Wildman–Crippen MR) is 131 cm³/mol. The van der Waals surface area contributed by atoms with E-state index < -0.39 is 0 Å². The highest BCUT2D eigenvalue weighted by Crippen LogP contribution is 2.20. The van der Waals surface area contributed by atoms with Crippen molar-refractivity contribution >= 4 is 17.4 Å². The lowest BCUT2D eigenvalue weighted by atomic mass is 10.1. The molecule has 0 saturated carbocycles. The zero-order valence-electron chi connectivity index (χ0n) is 19.7. The topological polar surface area (TPSA) is 53.1 Å². The van der Waals surface area contributed by atoms with Crippen molar-refractivity contribution in [1.29, 1.82) is 0 Å². The average Bonchev–Trinajstić information content (AvgIpc) is 2.87. The standard InChI is InChI=1S/C27H35N3O3/c1-22(31)23-6-10-25(11-7-23)29-17-19-30(20-18-29)27(32)24-8-12-26(13-9-24)33-21-5-16-28-14-3-2-4-15-28/h6-13H,2-5,14-21H2,1H3. The average molecular weight is 450 g/mol. The Hall–Kier alpha value is -2.86. The van der Waals surface area contributed by atoms with Crippen molar-refractivity contribution in [1.82, 2.24) is 9.80 Å². The second-order valence-corrected chi connectivity index (χ2v) is 9.01. The lowest BCUT2D eigenvalue weighted by Gasteiger charge is -2.36. The molecule has 33 heavy (non-hydrogen) atoms. The number of hydrogen-bond donors (Lipinski definition) is 0. The number of carbonyl (C=O) groups is 2. The van der Waals surface area contributed by atoms with Gasteiger partial charge in [-0.05, 0) is 87.8 Å². The van der Waals surface area contributed by atoms with Crippen LogP contribution in [0.3, 0.4) is 0 Å². The van der Waals surface area contributed by atoms with Gasteiger partial charge < -0.3 is 19.4 Å². The molecule has 6 nitrogen and oxygen atoms in total. The van der Waals surface area contributed by atoms with Gasteiger partial charge in [0.15, 0.2) is 5.78 Å². The largest absolute Gasteiger partial charge is 0.494 e. The van der Waals surface area contributed by atoms with Gasteiger partial charge in [0.25, 0.3) is 5.91 Å². The zero-order valence-corrected chi connectivity index (χ0v) is 19.7. The van der Waals surface area contributed by atoms with Crippen molar-refractivity contribution < 1.29 is 14.3 Å². The van der Waals surface area contributed by atoms with Crippen molar-refractivity contribution in [2.45, 2.75) is 32.6 Å². The van der Waals surface area contributed by atoms with E-state index in [0.29, 0.717) is 25.3 Å². The van der Waals surface area contributed by atoms with Crippen LogP contribution in [0.1, 0.15) is 53.3 Å². The van der Waals surface area contributed by atoms with E-state index in [1.54, 1.807) is 6.92 Å². The fraction of sp³-hybridized carbons (Fsp3) is 0.481. The summed E-state index contributed by atoms with van der Waals surface area (Å²) in [6.45, 7) is 8.75. The van der Waals surface area contributed by atoms with E-state index in [1.165, 1.54) is 32.4 Å². The molecule has 0 aromatic heterocycles. The molecule has 2 aliphatic rings. The van der Waals surface area contributed by atoms with Crippen molar-refractivity contribution in [3.05, 3.63) is 59.7 Å². The smallest absolute Gasteiger partial charge is 0.253 e. The second-order valence-electron chi connectivity index (χ2n) is 9.01. The minimum Gasteiger partial charge on any atom is -0.494 e. The Morgan fingerprint density at radius 3 is 2.06 bits per heavy atom. The minimum atomic E-state index is 0.0678. The molecule has 2 saturated heterocycles. The molecule has 0 unspecified atom stereocenters. The number of hydrogen-bond acceptors (Lipinski definition) is 5. The van der Waals surface area contributed by atoms with Gasteiger partial charge >= 0.3 is 0 Å². The van der Waals surface area contributed by atoms with Crippen LogP contribution in [0.4, 0.5) is 5.69 Å². The normalized spacial score (nSPS) is 17.1. The van der Waals surface area contributed by atoms with E-state index in [4.69, 9.17) is 4.74 Å². The number of Topliss-reactive ketones (excluding diaryl/α,β-unsaturated/α-hetero) is 1. The van der Waals surface area contributed by atoms with Crippen LogP contribution < -0.4 is 9.64 Å². The molecule has 0 N–H and O–H groups in total. The van der Waals surface area contributed by atoms with E-state index in [-0.39, 0.29) is 11.7 Å². The molecule has 0 radical (unpaired) electrons. The Morgan fingerprint density at radius 2 is 1.42 bits per heavy atom. The number of likely N-dealkylation sites (tertiary alicyclic amines) is 1. The number of nitrogens with zero attached hydrogens (tertiary/aromatic N) is 3. The summed E-state index contributed by atoms with van der Waals surface area (Å²) in [5, 5.41) is 0. The number of ether oxygens (including phenoxy) is 1. The number of benzene rings is 2. The van der Waals surface area contributed by atoms with E-state index in [0.717, 1.165) is 43.1 Å². The molecule has 2 aromatic rings. The summed E-state index contributed by atoms with van der Waals surface area (Å²) in [5.41, 5.74) is 2.52. The molecule has 2 aromatic carbocycles. The number of piperazine rings is 1. The molecular formula is C27H35N3O3. The van der Waals surface area contributed by atoms with Gasteiger partial charge in [-0.15, -0.1) is 0 Å². The molecule has 4 rings (SSSR count). The Morgan fingerprint density at radius 1 is 0.788 bits per heavy atom. The van der Waals surface area contributed by atoms with E-state index in [9.17, 15) is 9.59 Å². The van der Waals surface area contributed by atoms with Gasteiger partial charge in [-0.2, -0.15) is 0 Å². The maximum atomic E-state index is 12.9. The van der Waals surface area contributed by atoms with E-state index in [2.05, 4.69) is 9.80 Å². The van der Waals surface area contributed by atoms with Crippen LogP contribution in [-0.2, 0) is 0 Å². The van der Waals surface area contributed by atoms with E-state index >= 15 is 0 Å². The summed E-state index contributed by atoms with van der Waals surface area (Å²) in [6.07, 6.45) is 5.03. The second kappa shape index (κ2) is 11.3. The first-order valence-corrected chi connectivity index (χ1v) is 12.2. The molecule has 2 aliphatic heterocycles. The molecule has 0 spiro atoms. The quantitative estimate of drug-likeness (QED) is 0.449. The number of ketones is 1. The highest BCUT2D eigenvalue weighted by molar-refractivity contribution is 5.95. The zero-order chi connectivity index (χ0) is 23.0. The molecule has 1 amide bonds. The van der Waals surface area contributed by atoms with Gasteiger partial charge in [0.05, 0.1) is 6.61 Å². The maximum Gasteiger partial charge on any atom is 0.253 e. The van der Waals surface area contributed by atoms with Crippen LogP contribution in [0.2, 0.25) is 0 Å². The molecule has 0 bridgehead atoms. The van der Waals surface area contributed by atoms with Gasteiger partial charge in [0, 0.05) is 49.5 Å². The molecule has 2 heterocycles. The van der Waals surface area contributed by atoms with Crippen molar-refractivity contribution in [3.63, 3.8) is 0 Å².